The first kappa shape index (κ1) is 23.2. The number of hydrogen-bond donors (Lipinski definition) is 2. The molecule has 1 aliphatic rings. The van der Waals surface area contributed by atoms with Gasteiger partial charge in [-0.25, -0.2) is 9.97 Å². The van der Waals surface area contributed by atoms with Crippen LogP contribution < -0.4 is 10.6 Å². The van der Waals surface area contributed by atoms with Crippen LogP contribution in [0.1, 0.15) is 18.9 Å². The molecule has 2 N–H and O–H groups in total. The van der Waals surface area contributed by atoms with E-state index in [1.807, 2.05) is 7.05 Å². The second kappa shape index (κ2) is 11.3. The maximum Gasteiger partial charge on any atom is 0.193 e. The topological polar surface area (TPSA) is 83.3 Å². The van der Waals surface area contributed by atoms with E-state index >= 15 is 0 Å². The van der Waals surface area contributed by atoms with Crippen molar-refractivity contribution in [2.75, 3.05) is 38.0 Å². The molecule has 1 fully saturated rings. The number of benzene rings is 1. The maximum atomic E-state index is 4.84. The predicted molar refractivity (Wildman–Crippen MR) is 136 cm³/mol. The number of likely N-dealkylation sites (tertiary alicyclic amines) is 1. The Labute approximate surface area is 200 Å². The fourth-order valence-corrected chi connectivity index (χ4v) is 4.00. The van der Waals surface area contributed by atoms with Crippen LogP contribution in [0.2, 0.25) is 0 Å². The Morgan fingerprint density at radius 3 is 2.87 bits per heavy atom. The number of aliphatic imine (C=N–C) groups is 1. The van der Waals surface area contributed by atoms with E-state index in [9.17, 15) is 0 Å². The lowest BCUT2D eigenvalue weighted by Gasteiger charge is -2.22. The zero-order valence-corrected chi connectivity index (χ0v) is 20.5. The van der Waals surface area contributed by atoms with Gasteiger partial charge in [0.2, 0.25) is 0 Å². The van der Waals surface area contributed by atoms with E-state index in [4.69, 9.17) is 4.99 Å². The molecule has 0 amide bonds. The van der Waals surface area contributed by atoms with E-state index in [1.54, 1.807) is 17.2 Å². The molecule has 4 rings (SSSR count). The molecule has 0 radical (unpaired) electrons. The Bertz CT molecular complexity index is 988. The average molecular weight is 534 g/mol. The van der Waals surface area contributed by atoms with E-state index < -0.39 is 0 Å². The molecule has 8 nitrogen and oxygen atoms in total. The Balaban J connectivity index is 0.00000272. The number of hydrogen-bond acceptors (Lipinski definition) is 5. The quantitative estimate of drug-likeness (QED) is 0.210. The minimum absolute atomic E-state index is 0. The van der Waals surface area contributed by atoms with Gasteiger partial charge in [0.25, 0.3) is 0 Å². The standard InChI is InChI=1S/C22H30N8.HI/c1-3-23-22(30-12-9-18(15-30)13-17-7-5-4-6-8-17)25-11-10-24-20-19-14-28-29(2)21(19)27-16-26-20;/h4-8,14,16,18H,3,9-13,15H2,1-2H3,(H,23,25)(H,24,26,27);1H. The van der Waals surface area contributed by atoms with Crippen LogP contribution in [0.15, 0.2) is 47.8 Å². The van der Waals surface area contributed by atoms with Gasteiger partial charge in [-0.15, -0.1) is 24.0 Å². The van der Waals surface area contributed by atoms with Crippen molar-refractivity contribution >= 4 is 46.8 Å². The van der Waals surface area contributed by atoms with E-state index in [1.165, 1.54) is 12.0 Å². The highest BCUT2D eigenvalue weighted by Crippen LogP contribution is 2.21. The molecule has 1 aliphatic heterocycles. The lowest BCUT2D eigenvalue weighted by atomic mass is 9.99. The number of anilines is 1. The molecule has 0 bridgehead atoms. The van der Waals surface area contributed by atoms with Crippen LogP contribution in [0.4, 0.5) is 5.82 Å². The smallest absolute Gasteiger partial charge is 0.193 e. The maximum absolute atomic E-state index is 4.84. The van der Waals surface area contributed by atoms with Crippen molar-refractivity contribution in [2.45, 2.75) is 19.8 Å². The van der Waals surface area contributed by atoms with Crippen molar-refractivity contribution in [3.63, 3.8) is 0 Å². The van der Waals surface area contributed by atoms with Gasteiger partial charge in [-0.05, 0) is 31.2 Å². The molecular formula is C22H31IN8. The first-order valence-electron chi connectivity index (χ1n) is 10.7. The lowest BCUT2D eigenvalue weighted by molar-refractivity contribution is 0.460. The summed E-state index contributed by atoms with van der Waals surface area (Å²) in [5.41, 5.74) is 2.24. The highest BCUT2D eigenvalue weighted by Gasteiger charge is 2.24. The molecule has 1 saturated heterocycles. The van der Waals surface area contributed by atoms with Crippen LogP contribution >= 0.6 is 24.0 Å². The summed E-state index contributed by atoms with van der Waals surface area (Å²) in [4.78, 5) is 15.9. The number of aryl methyl sites for hydroxylation is 1. The van der Waals surface area contributed by atoms with Crippen molar-refractivity contribution < 1.29 is 0 Å². The SMILES string of the molecule is CCNC(=NCCNc1ncnc2c1cnn2C)N1CCC(Cc2ccccc2)C1.I. The van der Waals surface area contributed by atoms with E-state index in [-0.39, 0.29) is 24.0 Å². The highest BCUT2D eigenvalue weighted by atomic mass is 127. The van der Waals surface area contributed by atoms with Crippen molar-refractivity contribution in [3.8, 4) is 0 Å². The van der Waals surface area contributed by atoms with Gasteiger partial charge in [-0.2, -0.15) is 5.10 Å². The highest BCUT2D eigenvalue weighted by molar-refractivity contribution is 14.0. The third-order valence-corrected chi connectivity index (χ3v) is 5.48. The fraction of sp³-hybridized carbons (Fsp3) is 0.455. The number of fused-ring (bicyclic) bond motifs is 1. The number of rotatable bonds is 7. The van der Waals surface area contributed by atoms with Gasteiger partial charge in [0.05, 0.1) is 18.1 Å². The molecule has 0 spiro atoms. The normalized spacial score (nSPS) is 16.4. The van der Waals surface area contributed by atoms with Crippen LogP contribution in [-0.2, 0) is 13.5 Å². The number of nitrogens with one attached hydrogen (secondary N) is 2. The van der Waals surface area contributed by atoms with Crippen LogP contribution in [0.5, 0.6) is 0 Å². The van der Waals surface area contributed by atoms with Gasteiger partial charge in [-0.1, -0.05) is 30.3 Å². The molecule has 2 aromatic heterocycles. The summed E-state index contributed by atoms with van der Waals surface area (Å²) in [5.74, 6) is 2.48. The van der Waals surface area contributed by atoms with Gasteiger partial charge >= 0.3 is 0 Å². The predicted octanol–water partition coefficient (Wildman–Crippen LogP) is 2.92. The molecule has 3 aromatic rings. The minimum atomic E-state index is 0. The second-order valence-corrected chi connectivity index (χ2v) is 7.68. The summed E-state index contributed by atoms with van der Waals surface area (Å²) in [6.45, 7) is 6.47. The lowest BCUT2D eigenvalue weighted by Crippen LogP contribution is -2.40. The van der Waals surface area contributed by atoms with Gasteiger partial charge in [-0.3, -0.25) is 9.67 Å². The van der Waals surface area contributed by atoms with E-state index in [0.717, 1.165) is 48.9 Å². The zero-order chi connectivity index (χ0) is 20.8. The molecule has 9 heteroatoms. The monoisotopic (exact) mass is 534 g/mol. The van der Waals surface area contributed by atoms with Crippen molar-refractivity contribution in [1.29, 1.82) is 0 Å². The summed E-state index contributed by atoms with van der Waals surface area (Å²) in [6.07, 6.45) is 5.70. The van der Waals surface area contributed by atoms with Crippen LogP contribution in [0.25, 0.3) is 11.0 Å². The van der Waals surface area contributed by atoms with Crippen molar-refractivity contribution in [2.24, 2.45) is 18.0 Å². The first-order valence-corrected chi connectivity index (χ1v) is 10.7. The largest absolute Gasteiger partial charge is 0.367 e. The molecule has 166 valence electrons. The van der Waals surface area contributed by atoms with E-state index in [2.05, 4.69) is 67.9 Å². The molecular weight excluding hydrogens is 503 g/mol. The Morgan fingerprint density at radius 1 is 1.23 bits per heavy atom. The number of aromatic nitrogens is 4. The summed E-state index contributed by atoms with van der Waals surface area (Å²) < 4.78 is 1.75. The molecule has 31 heavy (non-hydrogen) atoms. The molecule has 1 unspecified atom stereocenters. The Kier molecular flexibility index (Phi) is 8.44. The summed E-state index contributed by atoms with van der Waals surface area (Å²) >= 11 is 0. The molecule has 1 atom stereocenters. The molecule has 0 saturated carbocycles. The van der Waals surface area contributed by atoms with Crippen molar-refractivity contribution in [3.05, 3.63) is 48.4 Å². The Hall–Kier alpha value is -2.43. The van der Waals surface area contributed by atoms with Gasteiger partial charge in [0.15, 0.2) is 11.6 Å². The Morgan fingerprint density at radius 2 is 2.06 bits per heavy atom. The molecule has 3 heterocycles. The minimum Gasteiger partial charge on any atom is -0.367 e. The third kappa shape index (κ3) is 5.84. The summed E-state index contributed by atoms with van der Waals surface area (Å²) in [6, 6.07) is 10.8. The van der Waals surface area contributed by atoms with Gasteiger partial charge in [0, 0.05) is 33.2 Å². The van der Waals surface area contributed by atoms with E-state index in [0.29, 0.717) is 19.0 Å². The average Bonchev–Trinajstić information content (AvgIpc) is 3.38. The third-order valence-electron chi connectivity index (χ3n) is 5.48. The van der Waals surface area contributed by atoms with Crippen LogP contribution in [0.3, 0.4) is 0 Å². The van der Waals surface area contributed by atoms with Gasteiger partial charge in [0.1, 0.15) is 12.1 Å². The second-order valence-electron chi connectivity index (χ2n) is 7.68. The first-order chi connectivity index (χ1) is 14.7. The molecule has 0 aliphatic carbocycles. The summed E-state index contributed by atoms with van der Waals surface area (Å²) in [5, 5.41) is 12.0. The molecule has 1 aromatic carbocycles. The van der Waals surface area contributed by atoms with Crippen molar-refractivity contribution in [1.82, 2.24) is 30.0 Å². The zero-order valence-electron chi connectivity index (χ0n) is 18.2. The van der Waals surface area contributed by atoms with Crippen LogP contribution in [0, 0.1) is 5.92 Å². The number of nitrogens with zero attached hydrogens (tertiary/aromatic N) is 6. The number of halogens is 1. The summed E-state index contributed by atoms with van der Waals surface area (Å²) in [7, 11) is 1.88. The number of guanidine groups is 1. The van der Waals surface area contributed by atoms with Crippen LogP contribution in [-0.4, -0.2) is 63.3 Å². The van der Waals surface area contributed by atoms with Gasteiger partial charge < -0.3 is 15.5 Å². The fourth-order valence-electron chi connectivity index (χ4n) is 4.00.